The van der Waals surface area contributed by atoms with Crippen molar-refractivity contribution in [3.8, 4) is 0 Å². The highest BCUT2D eigenvalue weighted by Gasteiger charge is 2.24. The van der Waals surface area contributed by atoms with Crippen LogP contribution in [-0.2, 0) is 0 Å². The first kappa shape index (κ1) is 17.0. The summed E-state index contributed by atoms with van der Waals surface area (Å²) in [5.41, 5.74) is 4.05. The van der Waals surface area contributed by atoms with Crippen LogP contribution in [0.1, 0.15) is 42.5 Å². The highest BCUT2D eigenvalue weighted by molar-refractivity contribution is 5.77. The molecule has 7 heteroatoms. The van der Waals surface area contributed by atoms with Crippen LogP contribution in [0.4, 0.5) is 11.6 Å². The molecule has 2 heterocycles. The number of allylic oxidation sites excluding steroid dienone is 1. The largest absolute Gasteiger partial charge is 0.324 e. The molecule has 2 aromatic carbocycles. The molecule has 7 nitrogen and oxygen atoms in total. The molecule has 4 rings (SSSR count). The fourth-order valence-corrected chi connectivity index (χ4v) is 3.21. The van der Waals surface area contributed by atoms with E-state index >= 15 is 0 Å². The standard InChI is InChI=1S/C20H19N5O2/c1-13(2)14-6-8-15(9-7-14)18-11-19(24-20(23-18)21-12-22-24)16-4-3-5-17(10-16)25(26)27/h3-13,19H,1-2H3,(H,21,22,23)/t19-/m0/s1. The number of rotatable bonds is 4. The van der Waals surface area contributed by atoms with E-state index < -0.39 is 0 Å². The Morgan fingerprint density at radius 1 is 1.19 bits per heavy atom. The summed E-state index contributed by atoms with van der Waals surface area (Å²) in [5.74, 6) is 1.07. The van der Waals surface area contributed by atoms with E-state index in [9.17, 15) is 10.1 Å². The van der Waals surface area contributed by atoms with Crippen LogP contribution in [0.2, 0.25) is 0 Å². The van der Waals surface area contributed by atoms with Gasteiger partial charge in [-0.05, 0) is 28.7 Å². The van der Waals surface area contributed by atoms with Crippen molar-refractivity contribution in [2.24, 2.45) is 0 Å². The third-order valence-corrected chi connectivity index (χ3v) is 4.72. The first-order chi connectivity index (χ1) is 13.0. The quantitative estimate of drug-likeness (QED) is 0.551. The molecule has 0 amide bonds. The van der Waals surface area contributed by atoms with Crippen LogP contribution in [0.5, 0.6) is 0 Å². The van der Waals surface area contributed by atoms with E-state index in [-0.39, 0.29) is 16.7 Å². The number of fused-ring (bicyclic) bond motifs is 1. The van der Waals surface area contributed by atoms with Gasteiger partial charge in [-0.25, -0.2) is 4.68 Å². The molecule has 0 fully saturated rings. The number of nitro groups is 1. The molecule has 1 aliphatic heterocycles. The van der Waals surface area contributed by atoms with E-state index in [1.807, 2.05) is 12.1 Å². The fraction of sp³-hybridized carbons (Fsp3) is 0.200. The van der Waals surface area contributed by atoms with Crippen LogP contribution in [-0.4, -0.2) is 19.7 Å². The van der Waals surface area contributed by atoms with E-state index in [1.54, 1.807) is 16.8 Å². The predicted molar refractivity (Wildman–Crippen MR) is 103 cm³/mol. The minimum absolute atomic E-state index is 0.0592. The zero-order chi connectivity index (χ0) is 19.0. The Labute approximate surface area is 156 Å². The van der Waals surface area contributed by atoms with Crippen LogP contribution >= 0.6 is 0 Å². The molecular weight excluding hydrogens is 342 g/mol. The average Bonchev–Trinajstić information content (AvgIpc) is 3.16. The summed E-state index contributed by atoms with van der Waals surface area (Å²) in [7, 11) is 0. The number of nitrogens with zero attached hydrogens (tertiary/aromatic N) is 4. The van der Waals surface area contributed by atoms with Gasteiger partial charge >= 0.3 is 0 Å². The Kier molecular flexibility index (Phi) is 4.19. The lowest BCUT2D eigenvalue weighted by Gasteiger charge is -2.24. The topological polar surface area (TPSA) is 85.9 Å². The van der Waals surface area contributed by atoms with Gasteiger partial charge in [-0.1, -0.05) is 50.2 Å². The van der Waals surface area contributed by atoms with Crippen molar-refractivity contribution >= 4 is 17.3 Å². The smallest absolute Gasteiger partial charge is 0.269 e. The third-order valence-electron chi connectivity index (χ3n) is 4.72. The Balaban J connectivity index is 1.76. The van der Waals surface area contributed by atoms with Crippen molar-refractivity contribution in [2.75, 3.05) is 5.32 Å². The van der Waals surface area contributed by atoms with Gasteiger partial charge in [-0.15, -0.1) is 0 Å². The number of anilines is 1. The normalized spacial score (nSPS) is 15.8. The summed E-state index contributed by atoms with van der Waals surface area (Å²) in [4.78, 5) is 15.0. The first-order valence-electron chi connectivity index (χ1n) is 8.76. The number of nitro benzene ring substituents is 1. The third kappa shape index (κ3) is 3.19. The van der Waals surface area contributed by atoms with Crippen LogP contribution in [0.15, 0.2) is 60.9 Å². The van der Waals surface area contributed by atoms with Crippen LogP contribution in [0.3, 0.4) is 0 Å². The molecule has 136 valence electrons. The van der Waals surface area contributed by atoms with Gasteiger partial charge in [0.25, 0.3) is 5.69 Å². The lowest BCUT2D eigenvalue weighted by atomic mass is 9.98. The van der Waals surface area contributed by atoms with Crippen LogP contribution in [0.25, 0.3) is 5.70 Å². The zero-order valence-electron chi connectivity index (χ0n) is 15.0. The molecule has 3 aromatic rings. The van der Waals surface area contributed by atoms with Gasteiger partial charge in [0, 0.05) is 17.8 Å². The van der Waals surface area contributed by atoms with E-state index in [0.29, 0.717) is 11.9 Å². The minimum atomic E-state index is -0.387. The van der Waals surface area contributed by atoms with Crippen molar-refractivity contribution in [2.45, 2.75) is 25.8 Å². The van der Waals surface area contributed by atoms with Gasteiger partial charge in [-0.3, -0.25) is 10.1 Å². The van der Waals surface area contributed by atoms with Crippen molar-refractivity contribution in [3.63, 3.8) is 0 Å². The van der Waals surface area contributed by atoms with E-state index in [4.69, 9.17) is 0 Å². The molecule has 0 spiro atoms. The zero-order valence-corrected chi connectivity index (χ0v) is 15.0. The Bertz CT molecular complexity index is 1020. The van der Waals surface area contributed by atoms with Gasteiger partial charge in [0.15, 0.2) is 0 Å². The molecule has 1 aliphatic rings. The summed E-state index contributed by atoms with van der Waals surface area (Å²) < 4.78 is 1.73. The second-order valence-corrected chi connectivity index (χ2v) is 6.81. The molecule has 1 N–H and O–H groups in total. The molecule has 0 radical (unpaired) electrons. The molecule has 0 bridgehead atoms. The lowest BCUT2D eigenvalue weighted by Crippen LogP contribution is -2.20. The number of aromatic nitrogens is 3. The van der Waals surface area contributed by atoms with Crippen molar-refractivity contribution in [1.82, 2.24) is 14.8 Å². The fourth-order valence-electron chi connectivity index (χ4n) is 3.21. The van der Waals surface area contributed by atoms with Gasteiger partial charge in [0.1, 0.15) is 12.4 Å². The number of benzene rings is 2. The summed E-state index contributed by atoms with van der Waals surface area (Å²) in [5, 5.41) is 18.7. The molecule has 0 saturated carbocycles. The van der Waals surface area contributed by atoms with E-state index in [0.717, 1.165) is 16.8 Å². The molecule has 0 aliphatic carbocycles. The number of nitrogens with one attached hydrogen (secondary N) is 1. The molecule has 27 heavy (non-hydrogen) atoms. The van der Waals surface area contributed by atoms with Gasteiger partial charge in [0.2, 0.25) is 5.95 Å². The SMILES string of the molecule is CC(C)c1ccc(C2=C[C@@H](c3cccc([N+](=O)[O-])c3)n3ncnc3N2)cc1. The second kappa shape index (κ2) is 6.68. The predicted octanol–water partition coefficient (Wildman–Crippen LogP) is 4.37. The highest BCUT2D eigenvalue weighted by atomic mass is 16.6. The molecular formula is C20H19N5O2. The first-order valence-corrected chi connectivity index (χ1v) is 8.76. The lowest BCUT2D eigenvalue weighted by molar-refractivity contribution is -0.384. The number of hydrogen-bond acceptors (Lipinski definition) is 5. The molecule has 1 atom stereocenters. The van der Waals surface area contributed by atoms with Gasteiger partial charge in [-0.2, -0.15) is 10.1 Å². The van der Waals surface area contributed by atoms with Crippen LogP contribution in [0, 0.1) is 10.1 Å². The molecule has 0 unspecified atom stereocenters. The second-order valence-electron chi connectivity index (χ2n) is 6.81. The highest BCUT2D eigenvalue weighted by Crippen LogP contribution is 2.33. The monoisotopic (exact) mass is 361 g/mol. The minimum Gasteiger partial charge on any atom is -0.324 e. The summed E-state index contributed by atoms with van der Waals surface area (Å²) in [6.45, 7) is 4.32. The Morgan fingerprint density at radius 3 is 2.67 bits per heavy atom. The van der Waals surface area contributed by atoms with Gasteiger partial charge in [0.05, 0.1) is 4.92 Å². The maximum absolute atomic E-state index is 11.1. The molecule has 1 aromatic heterocycles. The summed E-state index contributed by atoms with van der Waals surface area (Å²) >= 11 is 0. The number of hydrogen-bond donors (Lipinski definition) is 1. The van der Waals surface area contributed by atoms with E-state index in [1.165, 1.54) is 18.0 Å². The number of non-ortho nitro benzene ring substituents is 1. The van der Waals surface area contributed by atoms with Crippen molar-refractivity contribution in [1.29, 1.82) is 0 Å². The summed E-state index contributed by atoms with van der Waals surface area (Å²) in [6.07, 6.45) is 3.50. The van der Waals surface area contributed by atoms with Crippen LogP contribution < -0.4 is 5.32 Å². The molecule has 0 saturated heterocycles. The average molecular weight is 361 g/mol. The van der Waals surface area contributed by atoms with Crippen molar-refractivity contribution in [3.05, 3.63) is 87.7 Å². The Hall–Kier alpha value is -3.48. The maximum Gasteiger partial charge on any atom is 0.269 e. The van der Waals surface area contributed by atoms with Gasteiger partial charge < -0.3 is 5.32 Å². The maximum atomic E-state index is 11.1. The van der Waals surface area contributed by atoms with Crippen molar-refractivity contribution < 1.29 is 4.92 Å². The summed E-state index contributed by atoms with van der Waals surface area (Å²) in [6, 6.07) is 14.7. The van der Waals surface area contributed by atoms with E-state index in [2.05, 4.69) is 53.5 Å². The Morgan fingerprint density at radius 2 is 1.96 bits per heavy atom.